The van der Waals surface area contributed by atoms with Gasteiger partial charge in [0, 0.05) is 5.69 Å². The molecule has 0 saturated heterocycles. The van der Waals surface area contributed by atoms with Crippen LogP contribution < -0.4 is 14.8 Å². The Balaban J connectivity index is 1.62. The molecule has 0 spiro atoms. The molecular weight excluding hydrogens is 445 g/mol. The van der Waals surface area contributed by atoms with Crippen molar-refractivity contribution in [2.24, 2.45) is 0 Å². The van der Waals surface area contributed by atoms with Crippen molar-refractivity contribution in [1.82, 2.24) is 0 Å². The summed E-state index contributed by atoms with van der Waals surface area (Å²) in [5, 5.41) is 2.07. The monoisotopic (exact) mass is 464 g/mol. The molecule has 0 fully saturated rings. The largest absolute Gasteiger partial charge is 0.484 e. The Bertz CT molecular complexity index is 1240. The number of hydrogen-bond donors (Lipinski definition) is 2. The van der Waals surface area contributed by atoms with Gasteiger partial charge >= 0.3 is 0 Å². The third kappa shape index (κ3) is 5.58. The second-order valence-corrected chi connectivity index (χ2v) is 8.70. The van der Waals surface area contributed by atoms with Gasteiger partial charge in [-0.3, -0.25) is 9.52 Å². The predicted octanol–water partition coefficient (Wildman–Crippen LogP) is 4.54. The minimum Gasteiger partial charge on any atom is -0.484 e. The molecule has 1 amide bonds. The van der Waals surface area contributed by atoms with Gasteiger partial charge in [-0.15, -0.1) is 0 Å². The highest BCUT2D eigenvalue weighted by atomic mass is 32.2. The number of carbonyl (C=O) groups is 1. The van der Waals surface area contributed by atoms with Crippen LogP contribution in [0.2, 0.25) is 0 Å². The van der Waals surface area contributed by atoms with Gasteiger partial charge in [-0.1, -0.05) is 6.07 Å². The molecule has 3 rings (SSSR count). The normalized spacial score (nSPS) is 11.2. The zero-order valence-corrected chi connectivity index (χ0v) is 17.9. The molecule has 0 radical (unpaired) electrons. The SMILES string of the molecule is Cc1cc(C)cc(NS(=O)(=O)c2ccc(OCC(=O)Nc3ccc(F)c(F)c3F)cc2)c1. The first-order chi connectivity index (χ1) is 15.0. The second kappa shape index (κ2) is 9.31. The van der Waals surface area contributed by atoms with E-state index in [1.807, 2.05) is 19.9 Å². The fraction of sp³-hybridized carbons (Fsp3) is 0.136. The van der Waals surface area contributed by atoms with Crippen LogP contribution in [0.3, 0.4) is 0 Å². The van der Waals surface area contributed by atoms with Crippen LogP contribution in [0.4, 0.5) is 24.5 Å². The van der Waals surface area contributed by atoms with Crippen molar-refractivity contribution < 1.29 is 31.1 Å². The zero-order valence-electron chi connectivity index (χ0n) is 17.1. The van der Waals surface area contributed by atoms with Gasteiger partial charge in [-0.2, -0.15) is 0 Å². The molecule has 32 heavy (non-hydrogen) atoms. The maximum absolute atomic E-state index is 13.6. The zero-order chi connectivity index (χ0) is 23.5. The highest BCUT2D eigenvalue weighted by molar-refractivity contribution is 7.92. The lowest BCUT2D eigenvalue weighted by molar-refractivity contribution is -0.118. The fourth-order valence-corrected chi connectivity index (χ4v) is 3.96. The van der Waals surface area contributed by atoms with E-state index in [0.717, 1.165) is 17.2 Å². The Morgan fingerprint density at radius 3 is 2.16 bits per heavy atom. The average Bonchev–Trinajstić information content (AvgIpc) is 2.72. The number of benzene rings is 3. The first-order valence-electron chi connectivity index (χ1n) is 9.32. The van der Waals surface area contributed by atoms with Crippen LogP contribution in [0, 0.1) is 31.3 Å². The maximum Gasteiger partial charge on any atom is 0.262 e. The van der Waals surface area contributed by atoms with Crippen molar-refractivity contribution >= 4 is 27.3 Å². The third-order valence-electron chi connectivity index (χ3n) is 4.29. The fourth-order valence-electron chi connectivity index (χ4n) is 2.92. The molecule has 0 atom stereocenters. The van der Waals surface area contributed by atoms with Crippen molar-refractivity contribution in [2.75, 3.05) is 16.6 Å². The first-order valence-corrected chi connectivity index (χ1v) is 10.8. The predicted molar refractivity (Wildman–Crippen MR) is 114 cm³/mol. The van der Waals surface area contributed by atoms with Gasteiger partial charge in [0.1, 0.15) is 5.75 Å². The molecule has 0 aliphatic carbocycles. The van der Waals surface area contributed by atoms with Crippen LogP contribution in [-0.2, 0) is 14.8 Å². The smallest absolute Gasteiger partial charge is 0.262 e. The van der Waals surface area contributed by atoms with Gasteiger partial charge in [-0.05, 0) is 73.5 Å². The van der Waals surface area contributed by atoms with Crippen LogP contribution >= 0.6 is 0 Å². The van der Waals surface area contributed by atoms with Gasteiger partial charge in [0.15, 0.2) is 24.1 Å². The van der Waals surface area contributed by atoms with Crippen LogP contribution in [-0.4, -0.2) is 20.9 Å². The molecule has 0 unspecified atom stereocenters. The maximum atomic E-state index is 13.6. The second-order valence-electron chi connectivity index (χ2n) is 7.01. The number of hydrogen-bond acceptors (Lipinski definition) is 4. The quantitative estimate of drug-likeness (QED) is 0.503. The lowest BCUT2D eigenvalue weighted by Gasteiger charge is -2.11. The van der Waals surface area contributed by atoms with E-state index in [1.54, 1.807) is 12.1 Å². The molecule has 6 nitrogen and oxygen atoms in total. The first kappa shape index (κ1) is 23.1. The molecule has 3 aromatic rings. The molecular formula is C22H19F3N2O4S. The highest BCUT2D eigenvalue weighted by Crippen LogP contribution is 2.22. The summed E-state index contributed by atoms with van der Waals surface area (Å²) in [5.41, 5.74) is 1.72. The molecule has 0 saturated carbocycles. The van der Waals surface area contributed by atoms with Crippen molar-refractivity contribution in [1.29, 1.82) is 0 Å². The van der Waals surface area contributed by atoms with Crippen molar-refractivity contribution in [3.8, 4) is 5.75 Å². The number of sulfonamides is 1. The molecule has 0 aliphatic heterocycles. The van der Waals surface area contributed by atoms with Crippen molar-refractivity contribution in [3.63, 3.8) is 0 Å². The van der Waals surface area contributed by atoms with E-state index in [4.69, 9.17) is 4.74 Å². The Hall–Kier alpha value is -3.53. The van der Waals surface area contributed by atoms with Crippen molar-refractivity contribution in [3.05, 3.63) is 83.2 Å². The molecule has 0 heterocycles. The number of carbonyl (C=O) groups excluding carboxylic acids is 1. The number of anilines is 2. The van der Waals surface area contributed by atoms with Gasteiger partial charge in [0.05, 0.1) is 10.6 Å². The van der Waals surface area contributed by atoms with E-state index < -0.39 is 45.7 Å². The molecule has 0 bridgehead atoms. The molecule has 0 aliphatic rings. The summed E-state index contributed by atoms with van der Waals surface area (Å²) in [4.78, 5) is 11.9. The van der Waals surface area contributed by atoms with Crippen molar-refractivity contribution in [2.45, 2.75) is 18.7 Å². The summed E-state index contributed by atoms with van der Waals surface area (Å²) < 4.78 is 72.7. The van der Waals surface area contributed by atoms with Crippen LogP contribution in [0.1, 0.15) is 11.1 Å². The number of aryl methyl sites for hydroxylation is 2. The van der Waals surface area contributed by atoms with Gasteiger partial charge in [0.25, 0.3) is 15.9 Å². The number of nitrogens with one attached hydrogen (secondary N) is 2. The van der Waals surface area contributed by atoms with E-state index in [9.17, 15) is 26.4 Å². The van der Waals surface area contributed by atoms with E-state index >= 15 is 0 Å². The topological polar surface area (TPSA) is 84.5 Å². The molecule has 168 valence electrons. The van der Waals surface area contributed by atoms with Crippen LogP contribution in [0.25, 0.3) is 0 Å². The summed E-state index contributed by atoms with van der Waals surface area (Å²) in [6.45, 7) is 3.15. The van der Waals surface area contributed by atoms with Crippen LogP contribution in [0.15, 0.2) is 59.5 Å². The summed E-state index contributed by atoms with van der Waals surface area (Å²) in [6, 6.07) is 12.2. The lowest BCUT2D eigenvalue weighted by Crippen LogP contribution is -2.21. The standard InChI is InChI=1S/C22H19F3N2O4S/c1-13-9-14(2)11-15(10-13)27-32(29,30)17-5-3-16(4-6-17)31-12-20(28)26-19-8-7-18(23)21(24)22(19)25/h3-11,27H,12H2,1-2H3,(H,26,28). The highest BCUT2D eigenvalue weighted by Gasteiger charge is 2.17. The molecule has 3 aromatic carbocycles. The van der Waals surface area contributed by atoms with Crippen LogP contribution in [0.5, 0.6) is 5.75 Å². The minimum atomic E-state index is -3.84. The summed E-state index contributed by atoms with van der Waals surface area (Å²) in [5.74, 6) is -5.24. The number of rotatable bonds is 7. The molecule has 10 heteroatoms. The average molecular weight is 464 g/mol. The van der Waals surface area contributed by atoms with Gasteiger partial charge in [0.2, 0.25) is 0 Å². The van der Waals surface area contributed by atoms with Gasteiger partial charge < -0.3 is 10.1 Å². The summed E-state index contributed by atoms with van der Waals surface area (Å²) in [7, 11) is -3.84. The van der Waals surface area contributed by atoms with E-state index in [0.29, 0.717) is 11.8 Å². The molecule has 2 N–H and O–H groups in total. The Kier molecular flexibility index (Phi) is 6.73. The van der Waals surface area contributed by atoms with Gasteiger partial charge in [-0.25, -0.2) is 21.6 Å². The van der Waals surface area contributed by atoms with E-state index in [1.165, 1.54) is 24.3 Å². The Morgan fingerprint density at radius 2 is 1.53 bits per heavy atom. The molecule has 0 aromatic heterocycles. The Labute approximate surface area is 183 Å². The van der Waals surface area contributed by atoms with E-state index in [-0.39, 0.29) is 10.6 Å². The number of ether oxygens (including phenoxy) is 1. The number of amides is 1. The number of halogens is 3. The lowest BCUT2D eigenvalue weighted by atomic mass is 10.1. The minimum absolute atomic E-state index is 0.0164. The summed E-state index contributed by atoms with van der Waals surface area (Å²) in [6.07, 6.45) is 0. The Morgan fingerprint density at radius 1 is 0.906 bits per heavy atom. The third-order valence-corrected chi connectivity index (χ3v) is 5.68. The summed E-state index contributed by atoms with van der Waals surface area (Å²) >= 11 is 0. The van der Waals surface area contributed by atoms with E-state index in [2.05, 4.69) is 10.0 Å².